The van der Waals surface area contributed by atoms with Gasteiger partial charge in [0.15, 0.2) is 0 Å². The Hall–Kier alpha value is -2.53. The van der Waals surface area contributed by atoms with Crippen LogP contribution in [0.3, 0.4) is 0 Å². The third-order valence-electron chi connectivity index (χ3n) is 3.56. The second-order valence-corrected chi connectivity index (χ2v) is 10.4. The summed E-state index contributed by atoms with van der Waals surface area (Å²) in [5, 5.41) is 0. The minimum absolute atomic E-state index is 0. The molecule has 4 nitrogen and oxygen atoms in total. The molecule has 0 aliphatic rings. The molecule has 0 aliphatic heterocycles. The minimum Gasteiger partial charge on any atom is -0.237 e. The fourth-order valence-corrected chi connectivity index (χ4v) is 3.46. The molecule has 0 N–H and O–H groups in total. The maximum atomic E-state index is 12.7. The Morgan fingerprint density at radius 3 is 1.06 bits per heavy atom. The molecule has 0 heterocycles. The Kier molecular flexibility index (Phi) is 14.3. The molecule has 0 aromatic heterocycles. The Labute approximate surface area is 217 Å². The van der Waals surface area contributed by atoms with E-state index in [4.69, 9.17) is 0 Å². The van der Waals surface area contributed by atoms with Crippen molar-refractivity contribution in [2.45, 2.75) is 9.79 Å². The van der Waals surface area contributed by atoms with E-state index >= 15 is 0 Å². The predicted octanol–water partition coefficient (Wildman–Crippen LogP) is 5.15. The van der Waals surface area contributed by atoms with Crippen LogP contribution < -0.4 is 0 Å². The normalized spacial score (nSPS) is 10.2. The summed E-state index contributed by atoms with van der Waals surface area (Å²) in [6, 6.07) is 26.7. The van der Waals surface area contributed by atoms with Gasteiger partial charge < -0.3 is 0 Å². The van der Waals surface area contributed by atoms with Gasteiger partial charge in [-0.05, 0) is 9.79 Å². The van der Waals surface area contributed by atoms with Crippen LogP contribution in [0.25, 0.3) is 0 Å². The maximum absolute atomic E-state index is 12.7. The van der Waals surface area contributed by atoms with Crippen LogP contribution in [0.4, 0.5) is 17.6 Å². The predicted molar refractivity (Wildman–Crippen MR) is 121 cm³/mol. The molecular weight excluding hydrogens is 540 g/mol. The van der Waals surface area contributed by atoms with Crippen molar-refractivity contribution in [1.29, 1.82) is 0 Å². The molecule has 0 saturated carbocycles. The van der Waals surface area contributed by atoms with Gasteiger partial charge in [0, 0.05) is 35.8 Å². The fraction of sp³-hybridized carbons (Fsp3) is 0.0833. The van der Waals surface area contributed by atoms with Crippen LogP contribution in [0.15, 0.2) is 94.7 Å². The number of rotatable bonds is 2. The van der Waals surface area contributed by atoms with Gasteiger partial charge in [-0.3, -0.25) is 0 Å². The Bertz CT molecular complexity index is 1200. The van der Waals surface area contributed by atoms with Crippen LogP contribution in [0.1, 0.15) is 0 Å². The zero-order valence-electron chi connectivity index (χ0n) is 18.5. The van der Waals surface area contributed by atoms with Gasteiger partial charge in [-0.1, -0.05) is 0 Å². The summed E-state index contributed by atoms with van der Waals surface area (Å²) in [5.74, 6) is -4.20. The molecule has 4 aromatic carbocycles. The van der Waals surface area contributed by atoms with Crippen molar-refractivity contribution in [3.05, 3.63) is 120 Å². The van der Waals surface area contributed by atoms with Crippen LogP contribution in [-0.2, 0) is 41.4 Å². The van der Waals surface area contributed by atoms with Crippen molar-refractivity contribution >= 4 is 19.7 Å². The molecule has 4 rings (SSSR count). The molecule has 0 aliphatic carbocycles. The first-order valence-electron chi connectivity index (χ1n) is 9.30. The van der Waals surface area contributed by atoms with E-state index in [-0.39, 0.29) is 21.7 Å². The van der Waals surface area contributed by atoms with Gasteiger partial charge in [0.2, 0.25) is 0 Å². The molecule has 11 heteroatoms. The second kappa shape index (κ2) is 15.5. The fourth-order valence-electron chi connectivity index (χ4n) is 2.07. The zero-order valence-corrected chi connectivity index (χ0v) is 21.7. The van der Waals surface area contributed by atoms with Crippen molar-refractivity contribution in [2.24, 2.45) is 0 Å². The van der Waals surface area contributed by atoms with Crippen molar-refractivity contribution in [2.75, 3.05) is 12.5 Å². The minimum atomic E-state index is -3.62. The van der Waals surface area contributed by atoms with Crippen LogP contribution in [0.5, 0.6) is 0 Å². The molecular formula is C24H20F4O4S2Ti. The third kappa shape index (κ3) is 13.2. The Morgan fingerprint density at radius 1 is 0.600 bits per heavy atom. The summed E-state index contributed by atoms with van der Waals surface area (Å²) in [4.78, 5) is -1.08. The monoisotopic (exact) mass is 560 g/mol. The summed E-state index contributed by atoms with van der Waals surface area (Å²) < 4.78 is 93.0. The average molecular weight is 560 g/mol. The molecule has 0 bridgehead atoms. The topological polar surface area (TPSA) is 68.3 Å². The van der Waals surface area contributed by atoms with Crippen molar-refractivity contribution in [1.82, 2.24) is 0 Å². The summed E-state index contributed by atoms with van der Waals surface area (Å²) in [5.41, 5.74) is 0. The van der Waals surface area contributed by atoms with Crippen LogP contribution >= 0.6 is 0 Å². The first kappa shape index (κ1) is 32.5. The molecule has 0 saturated heterocycles. The quantitative estimate of drug-likeness (QED) is 0.147. The molecule has 4 aromatic rings. The van der Waals surface area contributed by atoms with E-state index in [1.165, 1.54) is 0 Å². The smallest absolute Gasteiger partial charge is 0.237 e. The number of hydrogen-bond donors (Lipinski definition) is 0. The number of benzene rings is 2. The van der Waals surface area contributed by atoms with E-state index in [1.807, 2.05) is 60.7 Å². The van der Waals surface area contributed by atoms with Crippen molar-refractivity contribution < 1.29 is 56.1 Å². The van der Waals surface area contributed by atoms with Gasteiger partial charge in [-0.25, -0.2) is 58.7 Å². The SMILES string of the molecule is CS(=O)(=O)c1ccc(F)[c-]c1F.CS(=O)(=O)c1ccc(F)[c-]c1F.[Ti+4].c1cc[cH-]c1.c1cc[cH-]c1. The molecule has 35 heavy (non-hydrogen) atoms. The van der Waals surface area contributed by atoms with E-state index in [0.29, 0.717) is 0 Å². The van der Waals surface area contributed by atoms with Crippen LogP contribution in [-0.4, -0.2) is 29.3 Å². The summed E-state index contributed by atoms with van der Waals surface area (Å²) >= 11 is 0. The average Bonchev–Trinajstić information content (AvgIpc) is 3.45. The number of halogens is 4. The van der Waals surface area contributed by atoms with Crippen LogP contribution in [0, 0.1) is 35.4 Å². The van der Waals surface area contributed by atoms with Gasteiger partial charge in [0.1, 0.15) is 19.7 Å². The van der Waals surface area contributed by atoms with Gasteiger partial charge in [0.05, 0.1) is 0 Å². The molecule has 0 spiro atoms. The molecule has 0 radical (unpaired) electrons. The van der Waals surface area contributed by atoms with Crippen LogP contribution in [0.2, 0.25) is 0 Å². The first-order chi connectivity index (χ1) is 15.8. The van der Waals surface area contributed by atoms with E-state index in [1.54, 1.807) is 12.1 Å². The van der Waals surface area contributed by atoms with Crippen molar-refractivity contribution in [3.63, 3.8) is 0 Å². The molecule has 184 valence electrons. The number of sulfone groups is 2. The molecule has 0 atom stereocenters. The number of hydrogen-bond acceptors (Lipinski definition) is 4. The van der Waals surface area contributed by atoms with E-state index in [9.17, 15) is 34.4 Å². The van der Waals surface area contributed by atoms with Crippen molar-refractivity contribution in [3.8, 4) is 0 Å². The van der Waals surface area contributed by atoms with Gasteiger partial charge in [0.25, 0.3) is 0 Å². The summed E-state index contributed by atoms with van der Waals surface area (Å²) in [6.07, 6.45) is 1.69. The second-order valence-electron chi connectivity index (χ2n) is 6.44. The summed E-state index contributed by atoms with van der Waals surface area (Å²) in [6.45, 7) is 0. The Balaban J connectivity index is 0.000000468. The zero-order chi connectivity index (χ0) is 25.8. The molecule has 0 unspecified atom stereocenters. The van der Waals surface area contributed by atoms with E-state index in [0.717, 1.165) is 36.8 Å². The standard InChI is InChI=1S/2C7H5F2O2S.2C5H5.Ti/c2*1-12(10,11)7-3-2-5(8)4-6(7)9;2*1-2-4-5-3-1;/h2*2-3H,1H3;2*1-5H;/q4*-1;+4. The summed E-state index contributed by atoms with van der Waals surface area (Å²) in [7, 11) is -7.25. The molecule has 0 fully saturated rings. The van der Waals surface area contributed by atoms with E-state index < -0.39 is 52.7 Å². The van der Waals surface area contributed by atoms with Gasteiger partial charge in [-0.2, -0.15) is 36.4 Å². The largest absolute Gasteiger partial charge is 4.00 e. The molecule has 0 amide bonds. The Morgan fingerprint density at radius 2 is 0.886 bits per heavy atom. The maximum Gasteiger partial charge on any atom is 4.00 e. The van der Waals surface area contributed by atoms with E-state index in [2.05, 4.69) is 0 Å². The van der Waals surface area contributed by atoms with Gasteiger partial charge >= 0.3 is 21.7 Å². The van der Waals surface area contributed by atoms with Gasteiger partial charge in [-0.15, -0.1) is 36.4 Å². The first-order valence-corrected chi connectivity index (χ1v) is 13.1. The third-order valence-corrected chi connectivity index (χ3v) is 5.79.